The van der Waals surface area contributed by atoms with Gasteiger partial charge in [-0.3, -0.25) is 9.48 Å². The van der Waals surface area contributed by atoms with E-state index in [0.717, 1.165) is 12.3 Å². The van der Waals surface area contributed by atoms with Crippen molar-refractivity contribution in [3.8, 4) is 0 Å². The van der Waals surface area contributed by atoms with E-state index in [0.29, 0.717) is 11.5 Å². The lowest BCUT2D eigenvalue weighted by atomic mass is 10.2. The van der Waals surface area contributed by atoms with Gasteiger partial charge in [0.15, 0.2) is 0 Å². The number of thioether (sulfide) groups is 1. The van der Waals surface area contributed by atoms with Crippen molar-refractivity contribution >= 4 is 17.7 Å². The maximum atomic E-state index is 12.2. The fourth-order valence-corrected chi connectivity index (χ4v) is 2.41. The van der Waals surface area contributed by atoms with Gasteiger partial charge >= 0.3 is 0 Å². The highest BCUT2D eigenvalue weighted by molar-refractivity contribution is 7.98. The molecule has 0 aliphatic rings. The molecule has 0 bridgehead atoms. The van der Waals surface area contributed by atoms with Gasteiger partial charge in [0.05, 0.1) is 11.8 Å². The van der Waals surface area contributed by atoms with Crippen LogP contribution in [0.4, 0.5) is 0 Å². The number of carbonyl (C=O) groups is 1. The summed E-state index contributed by atoms with van der Waals surface area (Å²) in [4.78, 5) is 14.0. The molecule has 0 aliphatic heterocycles. The molecule has 0 aliphatic carbocycles. The fourth-order valence-electron chi connectivity index (χ4n) is 1.70. The van der Waals surface area contributed by atoms with Gasteiger partial charge in [-0.1, -0.05) is 13.8 Å². The van der Waals surface area contributed by atoms with Gasteiger partial charge in [-0.25, -0.2) is 0 Å². The molecule has 0 aromatic carbocycles. The van der Waals surface area contributed by atoms with Crippen molar-refractivity contribution < 1.29 is 4.79 Å². The second kappa shape index (κ2) is 6.83. The van der Waals surface area contributed by atoms with Crippen molar-refractivity contribution in [1.29, 1.82) is 0 Å². The Hall–Kier alpha value is -0.970. The molecule has 1 aromatic heterocycles. The lowest BCUT2D eigenvalue weighted by molar-refractivity contribution is 0.0757. The first-order chi connectivity index (χ1) is 8.45. The standard InChI is InChI=1S/C13H23N3OS/c1-10(2)7-16-8-12(6-14-16)13(17)15(4)11(3)9-18-5/h6,8,10-11H,7,9H2,1-5H3. The summed E-state index contributed by atoms with van der Waals surface area (Å²) < 4.78 is 1.84. The molecule has 1 unspecified atom stereocenters. The first-order valence-electron chi connectivity index (χ1n) is 6.24. The molecule has 0 spiro atoms. The minimum absolute atomic E-state index is 0.0477. The molecule has 0 saturated heterocycles. The van der Waals surface area contributed by atoms with E-state index in [1.807, 2.05) is 17.9 Å². The Morgan fingerprint density at radius 2 is 2.17 bits per heavy atom. The number of hydrogen-bond acceptors (Lipinski definition) is 3. The highest BCUT2D eigenvalue weighted by atomic mass is 32.2. The van der Waals surface area contributed by atoms with Crippen molar-refractivity contribution in [2.45, 2.75) is 33.4 Å². The number of nitrogens with zero attached hydrogens (tertiary/aromatic N) is 3. The lowest BCUT2D eigenvalue weighted by Gasteiger charge is -2.23. The number of hydrogen-bond donors (Lipinski definition) is 0. The first-order valence-corrected chi connectivity index (χ1v) is 7.63. The summed E-state index contributed by atoms with van der Waals surface area (Å²) in [6, 6.07) is 0.237. The van der Waals surface area contributed by atoms with Crippen LogP contribution in [0.3, 0.4) is 0 Å². The van der Waals surface area contributed by atoms with Gasteiger partial charge in [0.25, 0.3) is 5.91 Å². The molecule has 102 valence electrons. The Bertz CT molecular complexity index is 389. The number of amides is 1. The monoisotopic (exact) mass is 269 g/mol. The SMILES string of the molecule is CSCC(C)N(C)C(=O)c1cnn(CC(C)C)c1. The normalized spacial score (nSPS) is 12.8. The summed E-state index contributed by atoms with van der Waals surface area (Å²) in [7, 11) is 1.85. The highest BCUT2D eigenvalue weighted by Gasteiger charge is 2.18. The Morgan fingerprint density at radius 1 is 1.50 bits per heavy atom. The van der Waals surface area contributed by atoms with Crippen LogP contribution in [0.2, 0.25) is 0 Å². The summed E-state index contributed by atoms with van der Waals surface area (Å²) in [6.45, 7) is 7.18. The van der Waals surface area contributed by atoms with E-state index in [2.05, 4.69) is 32.1 Å². The summed E-state index contributed by atoms with van der Waals surface area (Å²) in [6.07, 6.45) is 5.55. The zero-order chi connectivity index (χ0) is 13.7. The second-order valence-electron chi connectivity index (χ2n) is 5.07. The van der Waals surface area contributed by atoms with Crippen LogP contribution in [0.1, 0.15) is 31.1 Å². The van der Waals surface area contributed by atoms with Gasteiger partial charge in [-0.15, -0.1) is 0 Å². The molecular formula is C13H23N3OS. The third-order valence-corrected chi connectivity index (χ3v) is 3.64. The predicted octanol–water partition coefficient (Wildman–Crippen LogP) is 2.36. The summed E-state index contributed by atoms with van der Waals surface area (Å²) in [5.41, 5.74) is 0.672. The summed E-state index contributed by atoms with van der Waals surface area (Å²) >= 11 is 1.75. The molecule has 1 amide bonds. The van der Waals surface area contributed by atoms with Gasteiger partial charge in [0.1, 0.15) is 0 Å². The third-order valence-electron chi connectivity index (χ3n) is 2.82. The van der Waals surface area contributed by atoms with Crippen LogP contribution in [-0.4, -0.2) is 45.7 Å². The molecule has 5 heteroatoms. The molecule has 0 fully saturated rings. The van der Waals surface area contributed by atoms with E-state index in [9.17, 15) is 4.79 Å². The van der Waals surface area contributed by atoms with Gasteiger partial charge in [-0.05, 0) is 19.1 Å². The van der Waals surface area contributed by atoms with Crippen LogP contribution >= 0.6 is 11.8 Å². The Kier molecular flexibility index (Phi) is 5.72. The number of carbonyl (C=O) groups excluding carboxylic acids is 1. The first kappa shape index (κ1) is 15.1. The van der Waals surface area contributed by atoms with Gasteiger partial charge in [0.2, 0.25) is 0 Å². The smallest absolute Gasteiger partial charge is 0.257 e. The van der Waals surface area contributed by atoms with E-state index in [4.69, 9.17) is 0 Å². The van der Waals surface area contributed by atoms with E-state index >= 15 is 0 Å². The largest absolute Gasteiger partial charge is 0.338 e. The molecule has 18 heavy (non-hydrogen) atoms. The van der Waals surface area contributed by atoms with Crippen molar-refractivity contribution in [3.63, 3.8) is 0 Å². The Balaban J connectivity index is 2.69. The van der Waals surface area contributed by atoms with Crippen LogP contribution in [-0.2, 0) is 6.54 Å². The van der Waals surface area contributed by atoms with Crippen LogP contribution in [0.25, 0.3) is 0 Å². The molecular weight excluding hydrogens is 246 g/mol. The maximum Gasteiger partial charge on any atom is 0.257 e. The van der Waals surface area contributed by atoms with Gasteiger partial charge in [-0.2, -0.15) is 16.9 Å². The van der Waals surface area contributed by atoms with E-state index in [1.54, 1.807) is 22.9 Å². The van der Waals surface area contributed by atoms with Crippen molar-refractivity contribution in [2.24, 2.45) is 5.92 Å². The highest BCUT2D eigenvalue weighted by Crippen LogP contribution is 2.10. The third kappa shape index (κ3) is 4.05. The number of rotatable bonds is 6. The zero-order valence-electron chi connectivity index (χ0n) is 11.9. The fraction of sp³-hybridized carbons (Fsp3) is 0.692. The maximum absolute atomic E-state index is 12.2. The Labute approximate surface area is 114 Å². The van der Waals surface area contributed by atoms with Crippen molar-refractivity contribution in [1.82, 2.24) is 14.7 Å². The minimum atomic E-state index is 0.0477. The summed E-state index contributed by atoms with van der Waals surface area (Å²) in [5.74, 6) is 1.52. The molecule has 1 atom stereocenters. The van der Waals surface area contributed by atoms with Crippen LogP contribution in [0.15, 0.2) is 12.4 Å². The van der Waals surface area contributed by atoms with E-state index < -0.39 is 0 Å². The quantitative estimate of drug-likeness (QED) is 0.795. The van der Waals surface area contributed by atoms with E-state index in [-0.39, 0.29) is 11.9 Å². The van der Waals surface area contributed by atoms with Crippen LogP contribution in [0, 0.1) is 5.92 Å². The van der Waals surface area contributed by atoms with E-state index in [1.165, 1.54) is 0 Å². The predicted molar refractivity (Wildman–Crippen MR) is 77.0 cm³/mol. The number of aromatic nitrogens is 2. The van der Waals surface area contributed by atoms with Crippen molar-refractivity contribution in [2.75, 3.05) is 19.1 Å². The molecule has 0 radical (unpaired) electrons. The van der Waals surface area contributed by atoms with Crippen molar-refractivity contribution in [3.05, 3.63) is 18.0 Å². The topological polar surface area (TPSA) is 38.1 Å². The lowest BCUT2D eigenvalue weighted by Crippen LogP contribution is -2.36. The molecule has 1 heterocycles. The molecule has 0 N–H and O–H groups in total. The average Bonchev–Trinajstić information content (AvgIpc) is 2.75. The Morgan fingerprint density at radius 3 is 2.72 bits per heavy atom. The van der Waals surface area contributed by atoms with Crippen LogP contribution in [0.5, 0.6) is 0 Å². The minimum Gasteiger partial charge on any atom is -0.338 e. The molecule has 1 rings (SSSR count). The zero-order valence-corrected chi connectivity index (χ0v) is 12.7. The second-order valence-corrected chi connectivity index (χ2v) is 5.98. The van der Waals surface area contributed by atoms with Crippen LogP contribution < -0.4 is 0 Å². The molecule has 1 aromatic rings. The molecule has 0 saturated carbocycles. The summed E-state index contributed by atoms with van der Waals surface area (Å²) in [5, 5.41) is 4.23. The van der Waals surface area contributed by atoms with Gasteiger partial charge < -0.3 is 4.90 Å². The average molecular weight is 269 g/mol. The van der Waals surface area contributed by atoms with Gasteiger partial charge in [0, 0.05) is 31.6 Å². The molecule has 4 nitrogen and oxygen atoms in total.